The average Bonchev–Trinajstić information content (AvgIpc) is 3.43. The van der Waals surface area contributed by atoms with Crippen molar-refractivity contribution in [3.05, 3.63) is 41.5 Å². The Balaban J connectivity index is 1.27. The highest BCUT2D eigenvalue weighted by molar-refractivity contribution is 5.97. The van der Waals surface area contributed by atoms with Crippen LogP contribution in [0.2, 0.25) is 0 Å². The quantitative estimate of drug-likeness (QED) is 0.847. The molecule has 1 saturated heterocycles. The first-order chi connectivity index (χ1) is 13.2. The van der Waals surface area contributed by atoms with Gasteiger partial charge in [-0.25, -0.2) is 0 Å². The zero-order valence-electron chi connectivity index (χ0n) is 15.3. The van der Waals surface area contributed by atoms with Crippen molar-refractivity contribution in [3.8, 4) is 0 Å². The van der Waals surface area contributed by atoms with Crippen molar-refractivity contribution >= 4 is 17.5 Å². The number of anilines is 1. The van der Waals surface area contributed by atoms with Gasteiger partial charge < -0.3 is 14.7 Å². The molecule has 1 aliphatic heterocycles. The van der Waals surface area contributed by atoms with Crippen molar-refractivity contribution in [2.45, 2.75) is 50.9 Å². The number of rotatable bonds is 6. The van der Waals surface area contributed by atoms with Gasteiger partial charge in [0, 0.05) is 43.1 Å². The Morgan fingerprint density at radius 1 is 1.19 bits per heavy atom. The molecule has 2 amide bonds. The van der Waals surface area contributed by atoms with Gasteiger partial charge in [0.1, 0.15) is 0 Å². The minimum atomic E-state index is -0.145. The number of benzene rings is 1. The molecule has 1 N–H and O–H groups in total. The summed E-state index contributed by atoms with van der Waals surface area (Å²) in [7, 11) is 0. The molecule has 2 heterocycles. The van der Waals surface area contributed by atoms with Crippen LogP contribution >= 0.6 is 0 Å². The van der Waals surface area contributed by atoms with Gasteiger partial charge in [-0.15, -0.1) is 0 Å². The number of carbonyl (C=O) groups is 2. The van der Waals surface area contributed by atoms with Gasteiger partial charge in [-0.05, 0) is 43.5 Å². The van der Waals surface area contributed by atoms with Gasteiger partial charge in [-0.2, -0.15) is 4.98 Å². The molecule has 0 spiro atoms. The fraction of sp³-hybridized carbons (Fsp3) is 0.500. The fourth-order valence-corrected chi connectivity index (χ4v) is 3.81. The molecule has 1 aromatic carbocycles. The summed E-state index contributed by atoms with van der Waals surface area (Å²) < 4.78 is 5.36. The molecule has 142 valence electrons. The van der Waals surface area contributed by atoms with Crippen LogP contribution in [0.25, 0.3) is 0 Å². The molecule has 0 bridgehead atoms. The van der Waals surface area contributed by atoms with Gasteiger partial charge in [-0.3, -0.25) is 9.59 Å². The standard InChI is InChI=1S/C20H24N4O3/c25-18-6-3-13-24(18)16-9-7-14(8-10-16)19(26)21-12-11-17-22-20(27-23-17)15-4-1-2-5-15/h7-10,15H,1-6,11-13H2,(H,21,26). The highest BCUT2D eigenvalue weighted by atomic mass is 16.5. The van der Waals surface area contributed by atoms with Crippen LogP contribution < -0.4 is 10.2 Å². The van der Waals surface area contributed by atoms with Crippen molar-refractivity contribution in [3.63, 3.8) is 0 Å². The largest absolute Gasteiger partial charge is 0.352 e. The second-order valence-corrected chi connectivity index (χ2v) is 7.23. The minimum absolute atomic E-state index is 0.143. The third-order valence-electron chi connectivity index (χ3n) is 5.34. The molecule has 1 aliphatic carbocycles. The minimum Gasteiger partial charge on any atom is -0.352 e. The monoisotopic (exact) mass is 368 g/mol. The van der Waals surface area contributed by atoms with Gasteiger partial charge in [0.25, 0.3) is 5.91 Å². The van der Waals surface area contributed by atoms with Crippen molar-refractivity contribution in [1.29, 1.82) is 0 Å². The van der Waals surface area contributed by atoms with E-state index in [1.54, 1.807) is 17.0 Å². The molecule has 7 heteroatoms. The van der Waals surface area contributed by atoms with Crippen LogP contribution in [-0.4, -0.2) is 35.0 Å². The van der Waals surface area contributed by atoms with E-state index in [0.717, 1.165) is 37.4 Å². The lowest BCUT2D eigenvalue weighted by Crippen LogP contribution is -2.26. The summed E-state index contributed by atoms with van der Waals surface area (Å²) in [6.45, 7) is 1.20. The molecule has 7 nitrogen and oxygen atoms in total. The zero-order valence-corrected chi connectivity index (χ0v) is 15.3. The van der Waals surface area contributed by atoms with E-state index in [-0.39, 0.29) is 11.8 Å². The molecular weight excluding hydrogens is 344 g/mol. The van der Waals surface area contributed by atoms with Gasteiger partial charge in [0.2, 0.25) is 11.8 Å². The normalized spacial score (nSPS) is 17.6. The van der Waals surface area contributed by atoms with Crippen LogP contribution in [0.3, 0.4) is 0 Å². The van der Waals surface area contributed by atoms with Crippen molar-refractivity contribution < 1.29 is 14.1 Å². The molecule has 27 heavy (non-hydrogen) atoms. The Hall–Kier alpha value is -2.70. The molecule has 0 atom stereocenters. The van der Waals surface area contributed by atoms with Crippen LogP contribution in [0.4, 0.5) is 5.69 Å². The first-order valence-electron chi connectivity index (χ1n) is 9.72. The number of aromatic nitrogens is 2. The van der Waals surface area contributed by atoms with Crippen LogP contribution in [0.5, 0.6) is 0 Å². The number of hydrogen-bond acceptors (Lipinski definition) is 5. The van der Waals surface area contributed by atoms with E-state index >= 15 is 0 Å². The number of hydrogen-bond donors (Lipinski definition) is 1. The SMILES string of the molecule is O=C(NCCc1noc(C2CCCC2)n1)c1ccc(N2CCCC2=O)cc1. The fourth-order valence-electron chi connectivity index (χ4n) is 3.81. The molecule has 2 aromatic rings. The maximum Gasteiger partial charge on any atom is 0.251 e. The third kappa shape index (κ3) is 4.02. The van der Waals surface area contributed by atoms with Gasteiger partial charge in [-0.1, -0.05) is 18.0 Å². The Bertz CT molecular complexity index is 809. The van der Waals surface area contributed by atoms with Crippen LogP contribution in [0.15, 0.2) is 28.8 Å². The van der Waals surface area contributed by atoms with Gasteiger partial charge in [0.15, 0.2) is 5.82 Å². The maximum absolute atomic E-state index is 12.3. The van der Waals surface area contributed by atoms with E-state index in [1.807, 2.05) is 12.1 Å². The summed E-state index contributed by atoms with van der Waals surface area (Å²) in [6, 6.07) is 7.15. The maximum atomic E-state index is 12.3. The molecule has 0 unspecified atom stereocenters. The highest BCUT2D eigenvalue weighted by Gasteiger charge is 2.23. The molecule has 1 aromatic heterocycles. The van der Waals surface area contributed by atoms with E-state index in [2.05, 4.69) is 15.5 Å². The number of nitrogens with one attached hydrogen (secondary N) is 1. The predicted octanol–water partition coefficient (Wildman–Crippen LogP) is 2.83. The van der Waals surface area contributed by atoms with E-state index in [1.165, 1.54) is 12.8 Å². The smallest absolute Gasteiger partial charge is 0.251 e. The number of amides is 2. The number of nitrogens with zero attached hydrogens (tertiary/aromatic N) is 3. The topological polar surface area (TPSA) is 88.3 Å². The summed E-state index contributed by atoms with van der Waals surface area (Å²) in [5.74, 6) is 1.78. The van der Waals surface area contributed by atoms with Crippen LogP contribution in [-0.2, 0) is 11.2 Å². The van der Waals surface area contributed by atoms with Crippen LogP contribution in [0, 0.1) is 0 Å². The number of carbonyl (C=O) groups excluding carboxylic acids is 2. The summed E-state index contributed by atoms with van der Waals surface area (Å²) in [6.07, 6.45) is 6.73. The Morgan fingerprint density at radius 3 is 2.67 bits per heavy atom. The van der Waals surface area contributed by atoms with Gasteiger partial charge >= 0.3 is 0 Å². The van der Waals surface area contributed by atoms with Gasteiger partial charge in [0.05, 0.1) is 0 Å². The molecular formula is C20H24N4O3. The predicted molar refractivity (Wildman–Crippen MR) is 99.6 cm³/mol. The molecule has 0 radical (unpaired) electrons. The summed E-state index contributed by atoms with van der Waals surface area (Å²) in [5.41, 5.74) is 1.42. The lowest BCUT2D eigenvalue weighted by Gasteiger charge is -2.15. The molecule has 2 fully saturated rings. The summed E-state index contributed by atoms with van der Waals surface area (Å²) in [4.78, 5) is 30.3. The van der Waals surface area contributed by atoms with Crippen molar-refractivity contribution in [2.24, 2.45) is 0 Å². The highest BCUT2D eigenvalue weighted by Crippen LogP contribution is 2.32. The van der Waals surface area contributed by atoms with Crippen molar-refractivity contribution in [2.75, 3.05) is 18.0 Å². The van der Waals surface area contributed by atoms with E-state index in [4.69, 9.17) is 4.52 Å². The second kappa shape index (κ2) is 7.90. The first-order valence-corrected chi connectivity index (χ1v) is 9.72. The Labute approximate surface area is 158 Å². The average molecular weight is 368 g/mol. The lowest BCUT2D eigenvalue weighted by molar-refractivity contribution is -0.117. The first kappa shape index (κ1) is 17.7. The second-order valence-electron chi connectivity index (χ2n) is 7.23. The van der Waals surface area contributed by atoms with Crippen LogP contribution in [0.1, 0.15) is 66.5 Å². The summed E-state index contributed by atoms with van der Waals surface area (Å²) in [5, 5.41) is 6.90. The Morgan fingerprint density at radius 2 is 1.96 bits per heavy atom. The van der Waals surface area contributed by atoms with E-state index < -0.39 is 0 Å². The lowest BCUT2D eigenvalue weighted by atomic mass is 10.1. The van der Waals surface area contributed by atoms with E-state index in [9.17, 15) is 9.59 Å². The van der Waals surface area contributed by atoms with Crippen molar-refractivity contribution in [1.82, 2.24) is 15.5 Å². The molecule has 2 aliphatic rings. The third-order valence-corrected chi connectivity index (χ3v) is 5.34. The zero-order chi connectivity index (χ0) is 18.6. The van der Waals surface area contributed by atoms with E-state index in [0.29, 0.717) is 36.7 Å². The molecule has 4 rings (SSSR count). The molecule has 1 saturated carbocycles. The summed E-state index contributed by atoms with van der Waals surface area (Å²) >= 11 is 0. The Kier molecular flexibility index (Phi) is 5.18.